The second-order valence-electron chi connectivity index (χ2n) is 7.90. The molecule has 2 aromatic heterocycles. The molecule has 3 N–H and O–H groups in total. The van der Waals surface area contributed by atoms with Gasteiger partial charge in [-0.15, -0.1) is 11.3 Å². The number of hydrogen-bond donors (Lipinski definition) is 3. The number of H-pyrrole nitrogens is 1. The minimum absolute atomic E-state index is 0.117. The van der Waals surface area contributed by atoms with Crippen molar-refractivity contribution in [3.05, 3.63) is 82.3 Å². The number of hydrogen-bond acceptors (Lipinski definition) is 5. The van der Waals surface area contributed by atoms with Crippen LogP contribution in [0.15, 0.2) is 70.9 Å². The number of amides is 1. The van der Waals surface area contributed by atoms with E-state index >= 15 is 0 Å². The molecule has 4 aromatic rings. The lowest BCUT2D eigenvalue weighted by Crippen LogP contribution is -2.33. The van der Waals surface area contributed by atoms with Gasteiger partial charge in [0.05, 0.1) is 22.0 Å². The summed E-state index contributed by atoms with van der Waals surface area (Å²) in [6, 6.07) is 17.1. The Balaban J connectivity index is 1.49. The number of aromatic nitrogens is 2. The molecule has 4 rings (SSSR count). The Labute approximate surface area is 197 Å². The Morgan fingerprint density at radius 2 is 1.85 bits per heavy atom. The molecule has 33 heavy (non-hydrogen) atoms. The molecule has 0 saturated carbocycles. The number of imidazole rings is 1. The molecular weight excluding hydrogens is 456 g/mol. The maximum atomic E-state index is 13.0. The van der Waals surface area contributed by atoms with Gasteiger partial charge in [-0.05, 0) is 53.8 Å². The quantitative estimate of drug-likeness (QED) is 0.324. The van der Waals surface area contributed by atoms with Crippen LogP contribution in [0.4, 0.5) is 0 Å². The third kappa shape index (κ3) is 5.32. The van der Waals surface area contributed by atoms with Crippen molar-refractivity contribution in [2.24, 2.45) is 5.92 Å². The topological polar surface area (TPSA) is 104 Å². The molecule has 0 aliphatic carbocycles. The first-order chi connectivity index (χ1) is 15.9. The number of aromatic amines is 1. The zero-order valence-corrected chi connectivity index (χ0v) is 20.0. The van der Waals surface area contributed by atoms with E-state index in [0.717, 1.165) is 22.3 Å². The molecule has 0 spiro atoms. The molecule has 0 aliphatic rings. The van der Waals surface area contributed by atoms with Crippen LogP contribution in [0.2, 0.25) is 0 Å². The van der Waals surface area contributed by atoms with Crippen LogP contribution in [-0.4, -0.2) is 24.3 Å². The third-order valence-electron chi connectivity index (χ3n) is 5.65. The van der Waals surface area contributed by atoms with Crippen LogP contribution >= 0.6 is 11.3 Å². The van der Waals surface area contributed by atoms with Gasteiger partial charge >= 0.3 is 0 Å². The number of benzene rings is 2. The number of nitrogens with one attached hydrogen (secondary N) is 3. The van der Waals surface area contributed by atoms with Gasteiger partial charge in [0.2, 0.25) is 10.0 Å². The van der Waals surface area contributed by atoms with Gasteiger partial charge in [0.25, 0.3) is 5.91 Å². The Morgan fingerprint density at radius 3 is 2.52 bits per heavy atom. The summed E-state index contributed by atoms with van der Waals surface area (Å²) in [5.41, 5.74) is 2.15. The second kappa shape index (κ2) is 9.86. The van der Waals surface area contributed by atoms with Gasteiger partial charge in [0.1, 0.15) is 5.82 Å². The summed E-state index contributed by atoms with van der Waals surface area (Å²) in [6.07, 6.45) is 0.856. The fourth-order valence-electron chi connectivity index (χ4n) is 3.51. The van der Waals surface area contributed by atoms with Crippen molar-refractivity contribution in [2.45, 2.75) is 37.8 Å². The lowest BCUT2D eigenvalue weighted by molar-refractivity contribution is 0.0920. The Kier molecular flexibility index (Phi) is 6.92. The highest BCUT2D eigenvalue weighted by atomic mass is 32.2. The minimum Gasteiger partial charge on any atom is -0.342 e. The molecule has 0 bridgehead atoms. The number of carbonyl (C=O) groups excluding carboxylic acids is 1. The average Bonchev–Trinajstić information content (AvgIpc) is 3.50. The molecule has 172 valence electrons. The highest BCUT2D eigenvalue weighted by molar-refractivity contribution is 7.89. The molecule has 0 aliphatic heterocycles. The first-order valence-electron chi connectivity index (χ1n) is 10.7. The van der Waals surface area contributed by atoms with Gasteiger partial charge in [0, 0.05) is 17.0 Å². The van der Waals surface area contributed by atoms with Crippen LogP contribution in [-0.2, 0) is 16.6 Å². The number of sulfonamides is 1. The van der Waals surface area contributed by atoms with E-state index in [0.29, 0.717) is 11.4 Å². The van der Waals surface area contributed by atoms with E-state index < -0.39 is 10.0 Å². The zero-order chi connectivity index (χ0) is 23.4. The van der Waals surface area contributed by atoms with Crippen molar-refractivity contribution in [1.82, 2.24) is 20.0 Å². The smallest absolute Gasteiger partial charge is 0.251 e. The lowest BCUT2D eigenvalue weighted by Gasteiger charge is -2.22. The largest absolute Gasteiger partial charge is 0.342 e. The SMILES string of the molecule is CCC(C)C(NC(=O)c1ccc(S(=O)(=O)NCc2cccs2)cc1)c1nc2ccccc2[nH]1. The summed E-state index contributed by atoms with van der Waals surface area (Å²) in [7, 11) is -3.67. The van der Waals surface area contributed by atoms with Crippen molar-refractivity contribution < 1.29 is 13.2 Å². The maximum Gasteiger partial charge on any atom is 0.251 e. The number of nitrogens with zero attached hydrogens (tertiary/aromatic N) is 1. The van der Waals surface area contributed by atoms with Crippen molar-refractivity contribution in [1.29, 1.82) is 0 Å². The molecule has 2 aromatic carbocycles. The van der Waals surface area contributed by atoms with E-state index in [4.69, 9.17) is 0 Å². The highest BCUT2D eigenvalue weighted by Gasteiger charge is 2.24. The number of para-hydroxylation sites is 2. The van der Waals surface area contributed by atoms with Gasteiger partial charge in [-0.25, -0.2) is 18.1 Å². The molecule has 1 amide bonds. The Morgan fingerprint density at radius 1 is 1.09 bits per heavy atom. The van der Waals surface area contributed by atoms with E-state index in [1.54, 1.807) is 0 Å². The summed E-state index contributed by atoms with van der Waals surface area (Å²) in [5.74, 6) is 0.572. The number of rotatable bonds is 9. The molecular formula is C24H26N4O3S2. The van der Waals surface area contributed by atoms with Gasteiger partial charge in [-0.1, -0.05) is 38.5 Å². The van der Waals surface area contributed by atoms with E-state index in [9.17, 15) is 13.2 Å². The van der Waals surface area contributed by atoms with Crippen LogP contribution < -0.4 is 10.0 Å². The van der Waals surface area contributed by atoms with Crippen LogP contribution in [0.3, 0.4) is 0 Å². The standard InChI is InChI=1S/C24H26N4O3S2/c1-3-16(2)22(23-26-20-8-4-5-9-21(20)27-23)28-24(29)17-10-12-19(13-11-17)33(30,31)25-15-18-7-6-14-32-18/h4-14,16,22,25H,3,15H2,1-2H3,(H,26,27)(H,28,29). The monoisotopic (exact) mass is 482 g/mol. The van der Waals surface area contributed by atoms with Crippen molar-refractivity contribution in [3.63, 3.8) is 0 Å². The summed E-state index contributed by atoms with van der Waals surface area (Å²) >= 11 is 1.49. The number of thiophene rings is 1. The van der Waals surface area contributed by atoms with Gasteiger partial charge in [-0.2, -0.15) is 0 Å². The molecule has 2 heterocycles. The van der Waals surface area contributed by atoms with Crippen LogP contribution in [0.1, 0.15) is 47.4 Å². The molecule has 0 fully saturated rings. The van der Waals surface area contributed by atoms with E-state index in [-0.39, 0.29) is 29.3 Å². The maximum absolute atomic E-state index is 13.0. The van der Waals surface area contributed by atoms with Crippen molar-refractivity contribution >= 4 is 38.3 Å². The molecule has 2 atom stereocenters. The van der Waals surface area contributed by atoms with E-state index in [2.05, 4.69) is 33.9 Å². The molecule has 0 saturated heterocycles. The first-order valence-corrected chi connectivity index (χ1v) is 13.1. The normalized spacial score (nSPS) is 13.6. The molecule has 0 radical (unpaired) electrons. The minimum atomic E-state index is -3.67. The molecule has 7 nitrogen and oxygen atoms in total. The summed E-state index contributed by atoms with van der Waals surface area (Å²) in [5, 5.41) is 4.96. The Bertz CT molecular complexity index is 1300. The number of carbonyl (C=O) groups is 1. The average molecular weight is 483 g/mol. The van der Waals surface area contributed by atoms with E-state index in [1.165, 1.54) is 35.6 Å². The Hall–Kier alpha value is -3.01. The number of fused-ring (bicyclic) bond motifs is 1. The summed E-state index contributed by atoms with van der Waals surface area (Å²) in [4.78, 5) is 22.0. The first kappa shape index (κ1) is 23.2. The molecule has 9 heteroatoms. The summed E-state index contributed by atoms with van der Waals surface area (Å²) in [6.45, 7) is 4.36. The van der Waals surface area contributed by atoms with Crippen LogP contribution in [0.5, 0.6) is 0 Å². The van der Waals surface area contributed by atoms with Crippen LogP contribution in [0, 0.1) is 5.92 Å². The second-order valence-corrected chi connectivity index (χ2v) is 10.7. The van der Waals surface area contributed by atoms with E-state index in [1.807, 2.05) is 41.8 Å². The molecule has 2 unspecified atom stereocenters. The summed E-state index contributed by atoms with van der Waals surface area (Å²) < 4.78 is 27.7. The van der Waals surface area contributed by atoms with Gasteiger partial charge in [-0.3, -0.25) is 4.79 Å². The fourth-order valence-corrected chi connectivity index (χ4v) is 5.25. The third-order valence-corrected chi connectivity index (χ3v) is 7.94. The van der Waals surface area contributed by atoms with Gasteiger partial charge in [0.15, 0.2) is 0 Å². The fraction of sp³-hybridized carbons (Fsp3) is 0.250. The predicted molar refractivity (Wildman–Crippen MR) is 131 cm³/mol. The predicted octanol–water partition coefficient (Wildman–Crippen LogP) is 4.62. The van der Waals surface area contributed by atoms with Crippen molar-refractivity contribution in [3.8, 4) is 0 Å². The van der Waals surface area contributed by atoms with Crippen molar-refractivity contribution in [2.75, 3.05) is 0 Å². The van der Waals surface area contributed by atoms with Crippen LogP contribution in [0.25, 0.3) is 11.0 Å². The highest BCUT2D eigenvalue weighted by Crippen LogP contribution is 2.25. The lowest BCUT2D eigenvalue weighted by atomic mass is 9.98. The zero-order valence-electron chi connectivity index (χ0n) is 18.4. The van der Waals surface area contributed by atoms with Gasteiger partial charge < -0.3 is 10.3 Å².